The van der Waals surface area contributed by atoms with Crippen LogP contribution in [0.15, 0.2) is 109 Å². The maximum atomic E-state index is 12.5. The molecular formula is C32H22O4. The minimum atomic E-state index is -0.476. The Morgan fingerprint density at radius 3 is 1.25 bits per heavy atom. The third-order valence-electron chi connectivity index (χ3n) is 6.43. The molecule has 36 heavy (non-hydrogen) atoms. The molecule has 6 aromatic rings. The summed E-state index contributed by atoms with van der Waals surface area (Å²) in [6, 6.07) is 35.6. The van der Waals surface area contributed by atoms with Gasteiger partial charge in [-0.1, -0.05) is 84.9 Å². The number of rotatable bonds is 5. The van der Waals surface area contributed by atoms with Gasteiger partial charge in [0.25, 0.3) is 0 Å². The quantitative estimate of drug-likeness (QED) is 0.148. The molecule has 4 nitrogen and oxygen atoms in total. The molecule has 0 fully saturated rings. The molecule has 0 spiro atoms. The highest BCUT2D eigenvalue weighted by molar-refractivity contribution is 6.09. The summed E-state index contributed by atoms with van der Waals surface area (Å²) in [4.78, 5) is 24.9. The maximum absolute atomic E-state index is 12.5. The molecule has 0 aliphatic heterocycles. The van der Waals surface area contributed by atoms with E-state index in [-0.39, 0.29) is 12.8 Å². The SMILES string of the molecule is O=C(CCC(=O)Oc1ccc2ccc3ccccc3c2c1)Oc1ccc2ccc3ccccc3c2c1. The van der Waals surface area contributed by atoms with Crippen LogP contribution in [0.2, 0.25) is 0 Å². The fourth-order valence-electron chi connectivity index (χ4n) is 4.66. The Hall–Kier alpha value is -4.70. The van der Waals surface area contributed by atoms with E-state index in [2.05, 4.69) is 48.5 Å². The van der Waals surface area contributed by atoms with E-state index in [0.717, 1.165) is 43.1 Å². The van der Waals surface area contributed by atoms with Crippen molar-refractivity contribution in [3.8, 4) is 11.5 Å². The van der Waals surface area contributed by atoms with Crippen molar-refractivity contribution >= 4 is 55.0 Å². The maximum Gasteiger partial charge on any atom is 0.311 e. The molecule has 0 unspecified atom stereocenters. The summed E-state index contributed by atoms with van der Waals surface area (Å²) in [7, 11) is 0. The number of fused-ring (bicyclic) bond motifs is 6. The lowest BCUT2D eigenvalue weighted by Gasteiger charge is -2.09. The molecule has 0 heterocycles. The molecule has 6 aromatic carbocycles. The first-order chi connectivity index (χ1) is 17.6. The molecule has 0 atom stereocenters. The fraction of sp³-hybridized carbons (Fsp3) is 0.0625. The zero-order valence-electron chi connectivity index (χ0n) is 19.4. The summed E-state index contributed by atoms with van der Waals surface area (Å²) in [6.07, 6.45) is -0.133. The van der Waals surface area contributed by atoms with E-state index >= 15 is 0 Å². The minimum absolute atomic E-state index is 0.0665. The van der Waals surface area contributed by atoms with Crippen LogP contribution in [-0.2, 0) is 9.59 Å². The van der Waals surface area contributed by atoms with E-state index in [4.69, 9.17) is 9.47 Å². The van der Waals surface area contributed by atoms with Crippen LogP contribution in [0.4, 0.5) is 0 Å². The molecule has 0 amide bonds. The third-order valence-corrected chi connectivity index (χ3v) is 6.43. The summed E-state index contributed by atoms with van der Waals surface area (Å²) >= 11 is 0. The highest BCUT2D eigenvalue weighted by atomic mass is 16.5. The van der Waals surface area contributed by atoms with Crippen molar-refractivity contribution in [2.75, 3.05) is 0 Å². The standard InChI is InChI=1S/C32H22O4/c33-31(35-25-15-13-23-11-9-21-5-1-3-7-27(21)29(23)19-25)17-18-32(34)36-26-16-14-24-12-10-22-6-2-4-8-28(22)30(24)20-26/h1-16,19-20H,17-18H2. The topological polar surface area (TPSA) is 52.6 Å². The van der Waals surface area contributed by atoms with Gasteiger partial charge in [-0.15, -0.1) is 0 Å². The van der Waals surface area contributed by atoms with Gasteiger partial charge < -0.3 is 9.47 Å². The summed E-state index contributed by atoms with van der Waals surface area (Å²) in [5.74, 6) is -0.0376. The normalized spacial score (nSPS) is 11.2. The second-order valence-corrected chi connectivity index (χ2v) is 8.79. The lowest BCUT2D eigenvalue weighted by atomic mass is 10.0. The van der Waals surface area contributed by atoms with E-state index in [1.165, 1.54) is 0 Å². The highest BCUT2D eigenvalue weighted by Gasteiger charge is 2.13. The minimum Gasteiger partial charge on any atom is -0.426 e. The zero-order chi connectivity index (χ0) is 24.5. The molecular weight excluding hydrogens is 448 g/mol. The average Bonchev–Trinajstić information content (AvgIpc) is 2.92. The largest absolute Gasteiger partial charge is 0.426 e. The Morgan fingerprint density at radius 1 is 0.444 bits per heavy atom. The summed E-state index contributed by atoms with van der Waals surface area (Å²) < 4.78 is 11.1. The number of hydrogen-bond acceptors (Lipinski definition) is 4. The first-order valence-electron chi connectivity index (χ1n) is 11.9. The molecule has 0 aliphatic rings. The smallest absolute Gasteiger partial charge is 0.311 e. The Balaban J connectivity index is 1.13. The van der Waals surface area contributed by atoms with Crippen LogP contribution in [0.5, 0.6) is 11.5 Å². The van der Waals surface area contributed by atoms with Crippen LogP contribution in [0.25, 0.3) is 43.1 Å². The predicted molar refractivity (Wildman–Crippen MR) is 143 cm³/mol. The first-order valence-corrected chi connectivity index (χ1v) is 11.9. The summed E-state index contributed by atoms with van der Waals surface area (Å²) in [6.45, 7) is 0. The molecule has 0 saturated carbocycles. The van der Waals surface area contributed by atoms with Crippen molar-refractivity contribution in [2.24, 2.45) is 0 Å². The number of carbonyl (C=O) groups is 2. The molecule has 4 heteroatoms. The molecule has 174 valence electrons. The van der Waals surface area contributed by atoms with Crippen molar-refractivity contribution in [2.45, 2.75) is 12.8 Å². The monoisotopic (exact) mass is 470 g/mol. The van der Waals surface area contributed by atoms with Crippen LogP contribution in [0, 0.1) is 0 Å². The van der Waals surface area contributed by atoms with Crippen molar-refractivity contribution in [1.82, 2.24) is 0 Å². The summed E-state index contributed by atoms with van der Waals surface area (Å²) in [5, 5.41) is 8.61. The molecule has 0 N–H and O–H groups in total. The van der Waals surface area contributed by atoms with E-state index in [1.54, 1.807) is 12.1 Å². The number of esters is 2. The lowest BCUT2D eigenvalue weighted by molar-refractivity contribution is -0.140. The number of benzene rings is 6. The number of ether oxygens (including phenoxy) is 2. The van der Waals surface area contributed by atoms with Gasteiger partial charge in [-0.05, 0) is 67.4 Å². The molecule has 0 saturated heterocycles. The van der Waals surface area contributed by atoms with Gasteiger partial charge in [0.1, 0.15) is 11.5 Å². The second kappa shape index (κ2) is 9.16. The van der Waals surface area contributed by atoms with Crippen LogP contribution in [0.3, 0.4) is 0 Å². The van der Waals surface area contributed by atoms with Gasteiger partial charge in [-0.25, -0.2) is 0 Å². The Kier molecular flexibility index (Phi) is 5.55. The van der Waals surface area contributed by atoms with E-state index in [1.807, 2.05) is 48.5 Å². The van der Waals surface area contributed by atoms with E-state index in [0.29, 0.717) is 11.5 Å². The lowest BCUT2D eigenvalue weighted by Crippen LogP contribution is -2.14. The van der Waals surface area contributed by atoms with Gasteiger partial charge in [0.2, 0.25) is 0 Å². The summed E-state index contributed by atoms with van der Waals surface area (Å²) in [5.41, 5.74) is 0. The fourth-order valence-corrected chi connectivity index (χ4v) is 4.66. The van der Waals surface area contributed by atoms with Crippen molar-refractivity contribution < 1.29 is 19.1 Å². The Morgan fingerprint density at radius 2 is 0.806 bits per heavy atom. The van der Waals surface area contributed by atoms with Crippen LogP contribution in [0.1, 0.15) is 12.8 Å². The van der Waals surface area contributed by atoms with Gasteiger partial charge in [0, 0.05) is 0 Å². The highest BCUT2D eigenvalue weighted by Crippen LogP contribution is 2.30. The average molecular weight is 471 g/mol. The number of hydrogen-bond donors (Lipinski definition) is 0. The van der Waals surface area contributed by atoms with Crippen molar-refractivity contribution in [3.05, 3.63) is 109 Å². The van der Waals surface area contributed by atoms with Gasteiger partial charge in [-0.3, -0.25) is 9.59 Å². The Bertz CT molecular complexity index is 1650. The van der Waals surface area contributed by atoms with Gasteiger partial charge in [-0.2, -0.15) is 0 Å². The molecule has 6 rings (SSSR count). The van der Waals surface area contributed by atoms with Crippen molar-refractivity contribution in [3.63, 3.8) is 0 Å². The van der Waals surface area contributed by atoms with Gasteiger partial charge in [0.05, 0.1) is 12.8 Å². The van der Waals surface area contributed by atoms with E-state index < -0.39 is 11.9 Å². The molecule has 0 bridgehead atoms. The van der Waals surface area contributed by atoms with Crippen LogP contribution >= 0.6 is 0 Å². The predicted octanol–water partition coefficient (Wildman–Crippen LogP) is 7.59. The molecule has 0 aromatic heterocycles. The third kappa shape index (κ3) is 4.25. The Labute approximate surface area is 207 Å². The molecule has 0 aliphatic carbocycles. The first kappa shape index (κ1) is 21.8. The molecule has 0 radical (unpaired) electrons. The zero-order valence-corrected chi connectivity index (χ0v) is 19.4. The van der Waals surface area contributed by atoms with Crippen molar-refractivity contribution in [1.29, 1.82) is 0 Å². The van der Waals surface area contributed by atoms with Gasteiger partial charge in [0.15, 0.2) is 0 Å². The van der Waals surface area contributed by atoms with Gasteiger partial charge >= 0.3 is 11.9 Å². The second-order valence-electron chi connectivity index (χ2n) is 8.79. The van der Waals surface area contributed by atoms with Crippen LogP contribution in [-0.4, -0.2) is 11.9 Å². The van der Waals surface area contributed by atoms with E-state index in [9.17, 15) is 9.59 Å². The number of carbonyl (C=O) groups excluding carboxylic acids is 2. The van der Waals surface area contributed by atoms with Crippen LogP contribution < -0.4 is 9.47 Å².